The number of benzene rings is 1. The Labute approximate surface area is 152 Å². The van der Waals surface area contributed by atoms with Gasteiger partial charge in [0.25, 0.3) is 0 Å². The number of aromatic hydroxyl groups is 1. The zero-order chi connectivity index (χ0) is 16.1. The number of aliphatic imine (C=N–C) groups is 1. The van der Waals surface area contributed by atoms with Crippen LogP contribution in [0, 0.1) is 24.7 Å². The van der Waals surface area contributed by atoms with Crippen LogP contribution in [0.1, 0.15) is 43.7 Å². The summed E-state index contributed by atoms with van der Waals surface area (Å²) < 4.78 is 0. The first kappa shape index (κ1) is 18.5. The van der Waals surface area contributed by atoms with Gasteiger partial charge in [0.2, 0.25) is 0 Å². The first-order valence-electron chi connectivity index (χ1n) is 7.90. The monoisotopic (exact) mass is 417 g/mol. The van der Waals surface area contributed by atoms with Crippen molar-refractivity contribution in [3.05, 3.63) is 29.3 Å². The van der Waals surface area contributed by atoms with E-state index >= 15 is 0 Å². The standard InChI is InChI=1S/C17H23NO.2ClH.Zr/c1-3-15-12-7-8-13(9-12)16(15)18-10-14-6-4-5-11(2)17(14)19;;;/h4-6,10,12-13,15-16,19H,3,7-9H2,1-2H3;2*1H;/q;;;+2/p-2. The SMILES string of the molecule is CCC1C2CCC(C2)C1N=Cc1cccc(C)c1O.[Cl][Zr][Cl]. The average Bonchev–Trinajstić information content (AvgIpc) is 3.10. The van der Waals surface area contributed by atoms with E-state index in [1.807, 2.05) is 31.3 Å². The predicted octanol–water partition coefficient (Wildman–Crippen LogP) is 5.32. The van der Waals surface area contributed by atoms with Crippen LogP contribution in [0.25, 0.3) is 0 Å². The summed E-state index contributed by atoms with van der Waals surface area (Å²) >= 11 is -0.826. The van der Waals surface area contributed by atoms with Crippen LogP contribution in [0.2, 0.25) is 0 Å². The molecule has 0 radical (unpaired) electrons. The van der Waals surface area contributed by atoms with Crippen molar-refractivity contribution in [2.45, 2.75) is 45.6 Å². The molecule has 3 rings (SSSR count). The number of halogens is 2. The van der Waals surface area contributed by atoms with Crippen LogP contribution >= 0.6 is 17.0 Å². The number of fused-ring (bicyclic) bond motifs is 2. The molecule has 2 nitrogen and oxygen atoms in total. The third-order valence-electron chi connectivity index (χ3n) is 5.17. The Kier molecular flexibility index (Phi) is 7.44. The van der Waals surface area contributed by atoms with Gasteiger partial charge >= 0.3 is 37.9 Å². The van der Waals surface area contributed by atoms with Crippen LogP contribution < -0.4 is 0 Å². The molecule has 22 heavy (non-hydrogen) atoms. The Morgan fingerprint density at radius 2 is 2.00 bits per heavy atom. The normalized spacial score (nSPS) is 29.5. The summed E-state index contributed by atoms with van der Waals surface area (Å²) in [6, 6.07) is 6.34. The van der Waals surface area contributed by atoms with Crippen molar-refractivity contribution in [2.75, 3.05) is 0 Å². The Bertz CT molecular complexity index is 523. The van der Waals surface area contributed by atoms with Crippen LogP contribution in [0.5, 0.6) is 5.75 Å². The maximum absolute atomic E-state index is 10.0. The number of phenolic OH excluding ortho intramolecular Hbond substituents is 1. The summed E-state index contributed by atoms with van der Waals surface area (Å²) in [6.07, 6.45) is 7.27. The average molecular weight is 420 g/mol. The van der Waals surface area contributed by atoms with Crippen molar-refractivity contribution < 1.29 is 26.0 Å². The van der Waals surface area contributed by atoms with Crippen molar-refractivity contribution in [2.24, 2.45) is 22.7 Å². The van der Waals surface area contributed by atoms with Gasteiger partial charge in [-0.15, -0.1) is 0 Å². The molecule has 1 N–H and O–H groups in total. The topological polar surface area (TPSA) is 32.6 Å². The molecule has 120 valence electrons. The first-order valence-corrected chi connectivity index (χ1v) is 14.2. The van der Waals surface area contributed by atoms with Crippen LogP contribution in [0.3, 0.4) is 0 Å². The third kappa shape index (κ3) is 4.16. The number of nitrogens with zero attached hydrogens (tertiary/aromatic N) is 1. The molecule has 2 aliphatic rings. The van der Waals surface area contributed by atoms with Gasteiger partial charge in [-0.3, -0.25) is 4.99 Å². The van der Waals surface area contributed by atoms with Crippen LogP contribution in [-0.4, -0.2) is 17.4 Å². The molecule has 0 heterocycles. The van der Waals surface area contributed by atoms with Crippen molar-refractivity contribution in [1.82, 2.24) is 0 Å². The van der Waals surface area contributed by atoms with Crippen LogP contribution in [0.15, 0.2) is 23.2 Å². The summed E-state index contributed by atoms with van der Waals surface area (Å²) in [5, 5.41) is 10.0. The van der Waals surface area contributed by atoms with Crippen LogP contribution in [0.4, 0.5) is 0 Å². The zero-order valence-electron chi connectivity index (χ0n) is 13.1. The maximum atomic E-state index is 10.0. The molecule has 0 spiro atoms. The van der Waals surface area contributed by atoms with E-state index in [1.165, 1.54) is 25.7 Å². The predicted molar refractivity (Wildman–Crippen MR) is 90.5 cm³/mol. The summed E-state index contributed by atoms with van der Waals surface area (Å²) in [7, 11) is 9.87. The third-order valence-corrected chi connectivity index (χ3v) is 5.17. The van der Waals surface area contributed by atoms with E-state index in [1.54, 1.807) is 0 Å². The Hall–Kier alpha value is 0.153. The second kappa shape index (κ2) is 8.85. The number of hydrogen-bond acceptors (Lipinski definition) is 2. The van der Waals surface area contributed by atoms with E-state index in [0.29, 0.717) is 11.8 Å². The Morgan fingerprint density at radius 3 is 2.68 bits per heavy atom. The molecule has 2 aliphatic carbocycles. The molecule has 5 heteroatoms. The molecule has 0 aliphatic heterocycles. The molecule has 4 unspecified atom stereocenters. The Morgan fingerprint density at radius 1 is 1.32 bits per heavy atom. The van der Waals surface area contributed by atoms with Gasteiger partial charge in [0, 0.05) is 11.8 Å². The molecule has 0 amide bonds. The van der Waals surface area contributed by atoms with Gasteiger partial charge in [0.1, 0.15) is 5.75 Å². The molecule has 0 aromatic heterocycles. The summed E-state index contributed by atoms with van der Waals surface area (Å²) in [5.74, 6) is 2.84. The van der Waals surface area contributed by atoms with E-state index in [2.05, 4.69) is 6.92 Å². The molecule has 1 aromatic carbocycles. The fourth-order valence-electron chi connectivity index (χ4n) is 4.14. The molecule has 4 atom stereocenters. The fraction of sp³-hybridized carbons (Fsp3) is 0.588. The van der Waals surface area contributed by atoms with Crippen LogP contribution in [-0.2, 0) is 20.8 Å². The van der Waals surface area contributed by atoms with E-state index in [-0.39, 0.29) is 0 Å². The second-order valence-corrected chi connectivity index (χ2v) is 9.99. The van der Waals surface area contributed by atoms with E-state index in [9.17, 15) is 5.11 Å². The number of hydrogen-bond donors (Lipinski definition) is 1. The number of rotatable bonds is 3. The first-order chi connectivity index (χ1) is 10.6. The van der Waals surface area contributed by atoms with Gasteiger partial charge in [0.15, 0.2) is 0 Å². The van der Waals surface area contributed by atoms with Gasteiger partial charge < -0.3 is 5.11 Å². The molecule has 2 fully saturated rings. The number of aryl methyl sites for hydroxylation is 1. The van der Waals surface area contributed by atoms with Gasteiger partial charge in [-0.1, -0.05) is 25.5 Å². The fourth-order valence-corrected chi connectivity index (χ4v) is 4.14. The van der Waals surface area contributed by atoms with Gasteiger partial charge in [-0.25, -0.2) is 0 Å². The molecule has 0 saturated heterocycles. The van der Waals surface area contributed by atoms with E-state index in [4.69, 9.17) is 22.0 Å². The van der Waals surface area contributed by atoms with Gasteiger partial charge in [0.05, 0.1) is 6.04 Å². The molecule has 1 aromatic rings. The minimum atomic E-state index is -0.826. The summed E-state index contributed by atoms with van der Waals surface area (Å²) in [5.41, 5.74) is 1.78. The second-order valence-electron chi connectivity index (χ2n) is 6.26. The molecule has 2 saturated carbocycles. The number of para-hydroxylation sites is 1. The summed E-state index contributed by atoms with van der Waals surface area (Å²) in [4.78, 5) is 4.85. The van der Waals surface area contributed by atoms with Crippen molar-refractivity contribution in [1.29, 1.82) is 0 Å². The molecule has 2 bridgehead atoms. The molecular formula is C17H23Cl2NOZr. The minimum absolute atomic E-state index is 0.377. The van der Waals surface area contributed by atoms with Crippen molar-refractivity contribution in [3.8, 4) is 5.75 Å². The van der Waals surface area contributed by atoms with E-state index in [0.717, 1.165) is 28.9 Å². The molecular weight excluding hydrogens is 396 g/mol. The van der Waals surface area contributed by atoms with Crippen molar-refractivity contribution >= 4 is 23.2 Å². The van der Waals surface area contributed by atoms with Crippen molar-refractivity contribution in [3.63, 3.8) is 0 Å². The zero-order valence-corrected chi connectivity index (χ0v) is 17.1. The Balaban J connectivity index is 0.000000545. The number of phenols is 1. The summed E-state index contributed by atoms with van der Waals surface area (Å²) in [6.45, 7) is 4.22. The van der Waals surface area contributed by atoms with E-state index < -0.39 is 20.8 Å². The quantitative estimate of drug-likeness (QED) is 0.661. The van der Waals surface area contributed by atoms with Gasteiger partial charge in [-0.05, 0) is 55.6 Å². The van der Waals surface area contributed by atoms with Gasteiger partial charge in [-0.2, -0.15) is 0 Å².